The molecule has 0 bridgehead atoms. The van der Waals surface area contributed by atoms with Crippen molar-refractivity contribution in [3.8, 4) is 17.6 Å². The maximum absolute atomic E-state index is 13.5. The van der Waals surface area contributed by atoms with E-state index in [2.05, 4.69) is 27.6 Å². The molecule has 0 amide bonds. The van der Waals surface area contributed by atoms with Crippen LogP contribution in [-0.2, 0) is 4.57 Å². The second-order valence-electron chi connectivity index (χ2n) is 9.58. The van der Waals surface area contributed by atoms with Crippen LogP contribution in [0, 0.1) is 11.8 Å². The number of benzene rings is 1. The number of methoxy groups -OCH3 is 1. The number of hydrogen-bond donors (Lipinski definition) is 3. The van der Waals surface area contributed by atoms with E-state index < -0.39 is 12.7 Å². The van der Waals surface area contributed by atoms with Gasteiger partial charge in [-0.1, -0.05) is 12.0 Å². The van der Waals surface area contributed by atoms with Crippen molar-refractivity contribution in [2.45, 2.75) is 48.2 Å². The second kappa shape index (κ2) is 11.5. The van der Waals surface area contributed by atoms with Crippen LogP contribution in [0.5, 0.6) is 5.75 Å². The van der Waals surface area contributed by atoms with E-state index in [9.17, 15) is 17.7 Å². The first-order valence-corrected chi connectivity index (χ1v) is 15.6. The summed E-state index contributed by atoms with van der Waals surface area (Å²) < 4.78 is 59.6. The fourth-order valence-corrected chi connectivity index (χ4v) is 5.90. The van der Waals surface area contributed by atoms with Gasteiger partial charge in [-0.25, -0.2) is 4.52 Å². The minimum Gasteiger partial charge on any atom is -0.495 e. The number of nitrogens with zero attached hydrogens (tertiary/aromatic N) is 2. The third kappa shape index (κ3) is 6.99. The number of thioether (sulfide) groups is 1. The number of rotatable bonds is 7. The van der Waals surface area contributed by atoms with Crippen molar-refractivity contribution in [3.63, 3.8) is 0 Å². The zero-order valence-corrected chi connectivity index (χ0v) is 23.1. The summed E-state index contributed by atoms with van der Waals surface area (Å²) >= 11 is -0.214. The van der Waals surface area contributed by atoms with Crippen LogP contribution in [0.4, 0.5) is 24.7 Å². The van der Waals surface area contributed by atoms with Gasteiger partial charge in [0, 0.05) is 17.4 Å². The molecule has 7 nitrogen and oxygen atoms in total. The van der Waals surface area contributed by atoms with Gasteiger partial charge in [0.2, 0.25) is 0 Å². The van der Waals surface area contributed by atoms with Crippen molar-refractivity contribution >= 4 is 41.2 Å². The number of nitrogens with one attached hydrogen (secondary N) is 2. The fraction of sp³-hybridized carbons (Fsp3) is 0.423. The van der Waals surface area contributed by atoms with E-state index in [0.29, 0.717) is 28.1 Å². The molecule has 2 aromatic heterocycles. The summed E-state index contributed by atoms with van der Waals surface area (Å²) in [5, 5.41) is 11.7. The lowest BCUT2D eigenvalue weighted by molar-refractivity contribution is -0.0327. The van der Waals surface area contributed by atoms with Crippen LogP contribution in [0.2, 0.25) is 0 Å². The van der Waals surface area contributed by atoms with Gasteiger partial charge in [0.25, 0.3) is 0 Å². The van der Waals surface area contributed by atoms with E-state index in [1.807, 2.05) is 0 Å². The third-order valence-corrected chi connectivity index (χ3v) is 8.69. The summed E-state index contributed by atoms with van der Waals surface area (Å²) in [6, 6.07) is 10.7. The van der Waals surface area contributed by atoms with Crippen LogP contribution in [-0.4, -0.2) is 54.2 Å². The third-order valence-electron chi connectivity index (χ3n) is 6.33. The van der Waals surface area contributed by atoms with E-state index in [0.717, 1.165) is 25.7 Å². The highest BCUT2D eigenvalue weighted by Gasteiger charge is 2.33. The molecule has 204 valence electrons. The average Bonchev–Trinajstić information content (AvgIpc) is 3.19. The molecule has 1 saturated carbocycles. The molecular formula is C26H31F3N5O2PS. The summed E-state index contributed by atoms with van der Waals surface area (Å²) in [7, 11) is -0.947. The second-order valence-corrected chi connectivity index (χ2v) is 13.9. The van der Waals surface area contributed by atoms with Gasteiger partial charge < -0.3 is 25.7 Å². The molecule has 0 spiro atoms. The Hall–Kier alpha value is -2.80. The first-order valence-electron chi connectivity index (χ1n) is 12.2. The minimum atomic E-state index is -4.49. The lowest BCUT2D eigenvalue weighted by Crippen LogP contribution is -2.33. The summed E-state index contributed by atoms with van der Waals surface area (Å²) in [5.41, 5.74) is 2.54. The van der Waals surface area contributed by atoms with Crippen molar-refractivity contribution < 1.29 is 22.5 Å². The molecule has 0 radical (unpaired) electrons. The molecule has 4 N–H and O–H groups in total. The SMILES string of the molecule is COc1cc(P(C)(C)=O)ccc1NCC#Cc1nn2c(NC3CCC(N)CC3)cccc2c1SC(F)(F)F. The Balaban J connectivity index is 1.59. The van der Waals surface area contributed by atoms with E-state index in [4.69, 9.17) is 10.5 Å². The van der Waals surface area contributed by atoms with Crippen molar-refractivity contribution in [2.75, 3.05) is 37.6 Å². The number of ether oxygens (including phenoxy) is 1. The van der Waals surface area contributed by atoms with Crippen molar-refractivity contribution in [3.05, 3.63) is 42.1 Å². The molecule has 1 aromatic carbocycles. The Labute approximate surface area is 224 Å². The van der Waals surface area contributed by atoms with Crippen LogP contribution in [0.3, 0.4) is 0 Å². The molecule has 0 aliphatic heterocycles. The molecular weight excluding hydrogens is 534 g/mol. The molecule has 12 heteroatoms. The van der Waals surface area contributed by atoms with Crippen LogP contribution in [0.15, 0.2) is 41.3 Å². The average molecular weight is 566 g/mol. The largest absolute Gasteiger partial charge is 0.495 e. The minimum absolute atomic E-state index is 0.0390. The zero-order chi connectivity index (χ0) is 27.5. The highest BCUT2D eigenvalue weighted by Crippen LogP contribution is 2.41. The fourth-order valence-electron chi connectivity index (χ4n) is 4.36. The number of anilines is 2. The predicted octanol–water partition coefficient (Wildman–Crippen LogP) is 5.35. The Bertz CT molecular complexity index is 1400. The Morgan fingerprint density at radius 1 is 1.21 bits per heavy atom. The first kappa shape index (κ1) is 28.2. The van der Waals surface area contributed by atoms with Gasteiger partial charge in [0.1, 0.15) is 24.4 Å². The van der Waals surface area contributed by atoms with Crippen LogP contribution < -0.4 is 26.4 Å². The van der Waals surface area contributed by atoms with Crippen LogP contribution in [0.1, 0.15) is 31.4 Å². The molecule has 1 aliphatic carbocycles. The molecule has 4 rings (SSSR count). The van der Waals surface area contributed by atoms with E-state index >= 15 is 0 Å². The quantitative estimate of drug-likeness (QED) is 0.202. The van der Waals surface area contributed by atoms with Crippen molar-refractivity contribution in [1.82, 2.24) is 9.61 Å². The number of aromatic nitrogens is 2. The van der Waals surface area contributed by atoms with Gasteiger partial charge in [-0.05, 0) is 87.0 Å². The maximum Gasteiger partial charge on any atom is 0.446 e. The monoisotopic (exact) mass is 565 g/mol. The number of hydrogen-bond acceptors (Lipinski definition) is 7. The van der Waals surface area contributed by atoms with Crippen LogP contribution in [0.25, 0.3) is 5.52 Å². The highest BCUT2D eigenvalue weighted by molar-refractivity contribution is 8.00. The number of halogens is 3. The summed E-state index contributed by atoms with van der Waals surface area (Å²) in [4.78, 5) is -0.0390. The van der Waals surface area contributed by atoms with Crippen LogP contribution >= 0.6 is 18.9 Å². The summed E-state index contributed by atoms with van der Waals surface area (Å²) in [6.07, 6.45) is 3.57. The standard InChI is InChI=1S/C26H31F3N5O2PS/c1-36-23-16-19(37(2,3)35)13-14-20(23)31-15-5-6-21-25(38-26(27,28)29)22-7-4-8-24(34(22)33-21)32-18-11-9-17(30)10-12-18/h4,7-8,13-14,16-18,31-32H,9-12,15,30H2,1-3H3. The van der Waals surface area contributed by atoms with Crippen molar-refractivity contribution in [1.29, 1.82) is 0 Å². The topological polar surface area (TPSA) is 93.7 Å². The predicted molar refractivity (Wildman–Crippen MR) is 148 cm³/mol. The number of alkyl halides is 3. The normalized spacial score (nSPS) is 18.1. The van der Waals surface area contributed by atoms with Crippen molar-refractivity contribution in [2.24, 2.45) is 5.73 Å². The van der Waals surface area contributed by atoms with Gasteiger partial charge >= 0.3 is 5.51 Å². The van der Waals surface area contributed by atoms with E-state index in [-0.39, 0.29) is 41.0 Å². The highest BCUT2D eigenvalue weighted by atomic mass is 32.2. The smallest absolute Gasteiger partial charge is 0.446 e. The zero-order valence-electron chi connectivity index (χ0n) is 21.4. The van der Waals surface area contributed by atoms with Gasteiger partial charge in [-0.3, -0.25) is 0 Å². The Kier molecular flexibility index (Phi) is 8.55. The number of pyridine rings is 1. The van der Waals surface area contributed by atoms with E-state index in [1.54, 1.807) is 49.7 Å². The molecule has 38 heavy (non-hydrogen) atoms. The lowest BCUT2D eigenvalue weighted by atomic mass is 9.92. The molecule has 2 heterocycles. The molecule has 0 unspecified atom stereocenters. The van der Waals surface area contributed by atoms with Gasteiger partial charge in [0.15, 0.2) is 0 Å². The summed E-state index contributed by atoms with van der Waals surface area (Å²) in [6.45, 7) is 3.50. The van der Waals surface area contributed by atoms with Gasteiger partial charge in [-0.15, -0.1) is 0 Å². The Morgan fingerprint density at radius 3 is 2.61 bits per heavy atom. The lowest BCUT2D eigenvalue weighted by Gasteiger charge is -2.27. The first-order chi connectivity index (χ1) is 17.9. The molecule has 1 aliphatic rings. The molecule has 0 atom stereocenters. The maximum atomic E-state index is 13.5. The number of nitrogens with two attached hydrogens (primary N) is 1. The molecule has 0 saturated heterocycles. The molecule has 3 aromatic rings. The Morgan fingerprint density at radius 2 is 1.95 bits per heavy atom. The molecule has 1 fully saturated rings. The van der Waals surface area contributed by atoms with Gasteiger partial charge in [-0.2, -0.15) is 18.3 Å². The summed E-state index contributed by atoms with van der Waals surface area (Å²) in [5.74, 6) is 6.81. The number of fused-ring (bicyclic) bond motifs is 1. The van der Waals surface area contributed by atoms with E-state index in [1.165, 1.54) is 11.6 Å². The van der Waals surface area contributed by atoms with Gasteiger partial charge in [0.05, 0.1) is 29.8 Å².